The molecule has 2 N–H and O–H groups in total. The van der Waals surface area contributed by atoms with Crippen LogP contribution >= 0.6 is 0 Å². The lowest BCUT2D eigenvalue weighted by Crippen LogP contribution is -2.47. The highest BCUT2D eigenvalue weighted by atomic mass is 16.2. The third-order valence-corrected chi connectivity index (χ3v) is 4.17. The van der Waals surface area contributed by atoms with E-state index in [4.69, 9.17) is 0 Å². The minimum absolute atomic E-state index is 0.150. The molecule has 0 aromatic rings. The molecule has 2 aliphatic rings. The maximum absolute atomic E-state index is 12.3. The number of hydrogen-bond donors (Lipinski definition) is 2. The maximum atomic E-state index is 12.3. The fraction of sp³-hybridized carbons (Fsp3) is 0.917. The van der Waals surface area contributed by atoms with E-state index in [0.29, 0.717) is 17.9 Å². The Morgan fingerprint density at radius 2 is 2.20 bits per heavy atom. The van der Waals surface area contributed by atoms with Gasteiger partial charge in [-0.1, -0.05) is 20.8 Å². The topological polar surface area (TPSA) is 41.1 Å². The Morgan fingerprint density at radius 3 is 2.60 bits per heavy atom. The minimum Gasteiger partial charge on any atom is -0.353 e. The smallest absolute Gasteiger partial charge is 0.228 e. The zero-order chi connectivity index (χ0) is 11.1. The number of carbonyl (C=O) groups is 1. The molecular weight excluding hydrogens is 188 g/mol. The summed E-state index contributed by atoms with van der Waals surface area (Å²) in [6, 6.07) is 0.453. The Kier molecular flexibility index (Phi) is 2.75. The van der Waals surface area contributed by atoms with Crippen molar-refractivity contribution < 1.29 is 4.79 Å². The van der Waals surface area contributed by atoms with Crippen LogP contribution in [0.15, 0.2) is 0 Å². The highest BCUT2D eigenvalue weighted by Crippen LogP contribution is 2.36. The van der Waals surface area contributed by atoms with Gasteiger partial charge in [-0.25, -0.2) is 0 Å². The third-order valence-electron chi connectivity index (χ3n) is 4.17. The molecule has 86 valence electrons. The van der Waals surface area contributed by atoms with Crippen LogP contribution in [0.1, 0.15) is 33.6 Å². The second kappa shape index (κ2) is 3.78. The van der Waals surface area contributed by atoms with Gasteiger partial charge in [0, 0.05) is 12.6 Å². The fourth-order valence-electron chi connectivity index (χ4n) is 2.50. The van der Waals surface area contributed by atoms with Crippen molar-refractivity contribution in [2.24, 2.45) is 17.3 Å². The first-order valence-corrected chi connectivity index (χ1v) is 6.08. The van der Waals surface area contributed by atoms with Gasteiger partial charge in [0.1, 0.15) is 0 Å². The summed E-state index contributed by atoms with van der Waals surface area (Å²) in [5, 5.41) is 6.51. The first kappa shape index (κ1) is 10.9. The highest BCUT2D eigenvalue weighted by molar-refractivity contribution is 5.84. The molecule has 1 saturated carbocycles. The molecule has 3 atom stereocenters. The van der Waals surface area contributed by atoms with Crippen LogP contribution in [0.2, 0.25) is 0 Å². The van der Waals surface area contributed by atoms with Gasteiger partial charge in [0.15, 0.2) is 0 Å². The number of amides is 1. The Labute approximate surface area is 92.0 Å². The van der Waals surface area contributed by atoms with E-state index in [2.05, 4.69) is 31.4 Å². The van der Waals surface area contributed by atoms with E-state index in [1.165, 1.54) is 0 Å². The number of carbonyl (C=O) groups excluding carboxylic acids is 1. The Morgan fingerprint density at radius 1 is 1.53 bits per heavy atom. The first-order valence-electron chi connectivity index (χ1n) is 6.08. The molecule has 1 saturated heterocycles. The number of rotatable bonds is 3. The van der Waals surface area contributed by atoms with E-state index < -0.39 is 0 Å². The molecule has 3 unspecified atom stereocenters. The lowest BCUT2D eigenvalue weighted by atomic mass is 9.75. The molecule has 1 aliphatic carbocycles. The predicted molar refractivity (Wildman–Crippen MR) is 60.5 cm³/mol. The van der Waals surface area contributed by atoms with Gasteiger partial charge >= 0.3 is 0 Å². The fourth-order valence-corrected chi connectivity index (χ4v) is 2.50. The minimum atomic E-state index is -0.150. The molecule has 1 heterocycles. The second-order valence-corrected chi connectivity index (χ2v) is 5.53. The van der Waals surface area contributed by atoms with Crippen molar-refractivity contribution in [1.29, 1.82) is 0 Å². The lowest BCUT2D eigenvalue weighted by molar-refractivity contribution is -0.132. The van der Waals surface area contributed by atoms with Crippen LogP contribution in [0, 0.1) is 17.3 Å². The molecule has 2 rings (SSSR count). The van der Waals surface area contributed by atoms with Gasteiger partial charge < -0.3 is 10.6 Å². The molecule has 2 fully saturated rings. The van der Waals surface area contributed by atoms with Crippen LogP contribution < -0.4 is 10.6 Å². The molecule has 1 amide bonds. The van der Waals surface area contributed by atoms with Crippen molar-refractivity contribution in [3.8, 4) is 0 Å². The quantitative estimate of drug-likeness (QED) is 0.733. The van der Waals surface area contributed by atoms with Gasteiger partial charge in [0.25, 0.3) is 0 Å². The normalized spacial score (nSPS) is 39.5. The third kappa shape index (κ3) is 1.89. The van der Waals surface area contributed by atoms with Gasteiger partial charge in [-0.3, -0.25) is 4.79 Å². The van der Waals surface area contributed by atoms with E-state index >= 15 is 0 Å². The van der Waals surface area contributed by atoms with Crippen LogP contribution in [0.3, 0.4) is 0 Å². The van der Waals surface area contributed by atoms with Crippen LogP contribution in [-0.4, -0.2) is 25.0 Å². The molecule has 3 nitrogen and oxygen atoms in total. The summed E-state index contributed by atoms with van der Waals surface area (Å²) in [6.07, 6.45) is 2.14. The summed E-state index contributed by atoms with van der Waals surface area (Å²) in [5.41, 5.74) is -0.150. The second-order valence-electron chi connectivity index (χ2n) is 5.53. The zero-order valence-electron chi connectivity index (χ0n) is 9.97. The predicted octanol–water partition coefficient (Wildman–Crippen LogP) is 1.15. The SMILES string of the molecule is CC1CC1NC(=O)C1(C(C)C)CCNC1. The molecule has 3 heteroatoms. The Bertz CT molecular complexity index is 256. The van der Waals surface area contributed by atoms with Crippen molar-refractivity contribution in [3.05, 3.63) is 0 Å². The van der Waals surface area contributed by atoms with Crippen LogP contribution in [-0.2, 0) is 4.79 Å². The molecule has 1 aliphatic heterocycles. The lowest BCUT2D eigenvalue weighted by Gasteiger charge is -2.31. The summed E-state index contributed by atoms with van der Waals surface area (Å²) < 4.78 is 0. The molecule has 0 radical (unpaired) electrons. The monoisotopic (exact) mass is 210 g/mol. The molecule has 0 aromatic carbocycles. The van der Waals surface area contributed by atoms with Gasteiger partial charge in [0.2, 0.25) is 5.91 Å². The van der Waals surface area contributed by atoms with Crippen molar-refractivity contribution in [1.82, 2.24) is 10.6 Å². The van der Waals surface area contributed by atoms with Gasteiger partial charge in [-0.05, 0) is 31.2 Å². The van der Waals surface area contributed by atoms with Crippen LogP contribution in [0.5, 0.6) is 0 Å². The van der Waals surface area contributed by atoms with Crippen molar-refractivity contribution in [3.63, 3.8) is 0 Å². The largest absolute Gasteiger partial charge is 0.353 e. The summed E-state index contributed by atoms with van der Waals surface area (Å²) in [6.45, 7) is 8.33. The average molecular weight is 210 g/mol. The van der Waals surface area contributed by atoms with Gasteiger partial charge in [-0.15, -0.1) is 0 Å². The van der Waals surface area contributed by atoms with Gasteiger partial charge in [0.05, 0.1) is 5.41 Å². The Balaban J connectivity index is 2.01. The standard InChI is InChI=1S/C12H22N2O/c1-8(2)12(4-5-13-7-12)11(15)14-10-6-9(10)3/h8-10,13H,4-7H2,1-3H3,(H,14,15). The van der Waals surface area contributed by atoms with E-state index in [1.54, 1.807) is 0 Å². The first-order chi connectivity index (χ1) is 7.06. The van der Waals surface area contributed by atoms with Crippen molar-refractivity contribution in [2.75, 3.05) is 13.1 Å². The summed E-state index contributed by atoms with van der Waals surface area (Å²) in [4.78, 5) is 12.3. The maximum Gasteiger partial charge on any atom is 0.228 e. The molecule has 0 bridgehead atoms. The summed E-state index contributed by atoms with van der Waals surface area (Å²) in [5.74, 6) is 1.38. The average Bonchev–Trinajstić information content (AvgIpc) is 2.72. The van der Waals surface area contributed by atoms with Crippen molar-refractivity contribution >= 4 is 5.91 Å². The molecule has 15 heavy (non-hydrogen) atoms. The van der Waals surface area contributed by atoms with E-state index in [1.807, 2.05) is 0 Å². The summed E-state index contributed by atoms with van der Waals surface area (Å²) >= 11 is 0. The van der Waals surface area contributed by atoms with Crippen LogP contribution in [0.25, 0.3) is 0 Å². The molecule has 0 spiro atoms. The van der Waals surface area contributed by atoms with E-state index in [0.717, 1.165) is 25.9 Å². The van der Waals surface area contributed by atoms with E-state index in [9.17, 15) is 4.79 Å². The number of nitrogens with one attached hydrogen (secondary N) is 2. The van der Waals surface area contributed by atoms with Gasteiger partial charge in [-0.2, -0.15) is 0 Å². The van der Waals surface area contributed by atoms with Crippen molar-refractivity contribution in [2.45, 2.75) is 39.7 Å². The Hall–Kier alpha value is -0.570. The zero-order valence-corrected chi connectivity index (χ0v) is 9.97. The molecule has 0 aromatic heterocycles. The van der Waals surface area contributed by atoms with Crippen LogP contribution in [0.4, 0.5) is 0 Å². The molecular formula is C12H22N2O. The summed E-state index contributed by atoms with van der Waals surface area (Å²) in [7, 11) is 0. The van der Waals surface area contributed by atoms with E-state index in [-0.39, 0.29) is 11.3 Å². The highest BCUT2D eigenvalue weighted by Gasteiger charge is 2.46. The number of hydrogen-bond acceptors (Lipinski definition) is 2.